The molecule has 0 bridgehead atoms. The van der Waals surface area contributed by atoms with Crippen molar-refractivity contribution >= 4 is 73.2 Å². The fourth-order valence-corrected chi connectivity index (χ4v) is 4.30. The van der Waals surface area contributed by atoms with E-state index in [-0.39, 0.29) is 11.9 Å². The lowest BCUT2D eigenvalue weighted by Crippen LogP contribution is -2.16. The highest BCUT2D eigenvalue weighted by Gasteiger charge is 2.14. The number of rotatable bonds is 6. The summed E-state index contributed by atoms with van der Waals surface area (Å²) >= 11 is 11.8. The molecule has 0 aliphatic rings. The summed E-state index contributed by atoms with van der Waals surface area (Å²) in [6.07, 6.45) is 2.49. The minimum Gasteiger partial charge on any atom is -0.489 e. The summed E-state index contributed by atoms with van der Waals surface area (Å²) in [5, 5.41) is 5.32. The zero-order valence-electron chi connectivity index (χ0n) is 15.1. The van der Waals surface area contributed by atoms with Crippen molar-refractivity contribution < 1.29 is 13.9 Å². The van der Waals surface area contributed by atoms with Gasteiger partial charge in [0.2, 0.25) is 0 Å². The van der Waals surface area contributed by atoms with E-state index < -0.39 is 5.91 Å². The minimum atomic E-state index is -0.429. The number of ether oxygens (including phenoxy) is 1. The molecule has 28 heavy (non-hydrogen) atoms. The van der Waals surface area contributed by atoms with Gasteiger partial charge in [-0.1, -0.05) is 34.5 Å². The maximum Gasteiger partial charge on any atom is 0.307 e. The monoisotopic (exact) mass is 574 g/mol. The number of hydrogen-bond acceptors (Lipinski definition) is 4. The lowest BCUT2D eigenvalue weighted by molar-refractivity contribution is 0.0929. The summed E-state index contributed by atoms with van der Waals surface area (Å²) in [6, 6.07) is 10.8. The summed E-state index contributed by atoms with van der Waals surface area (Å²) in [5.41, 5.74) is 3.87. The quantitative estimate of drug-likeness (QED) is 0.210. The van der Waals surface area contributed by atoms with Crippen LogP contribution in [-0.2, 0) is 0 Å². The van der Waals surface area contributed by atoms with E-state index in [9.17, 15) is 4.79 Å². The second-order valence-electron chi connectivity index (χ2n) is 6.14. The maximum absolute atomic E-state index is 12.3. The molecular weight excluding hydrogens is 558 g/mol. The highest BCUT2D eigenvalue weighted by atomic mass is 127. The average Bonchev–Trinajstić information content (AvgIpc) is 3.08. The van der Waals surface area contributed by atoms with Gasteiger partial charge in [-0.05, 0) is 77.9 Å². The van der Waals surface area contributed by atoms with Crippen molar-refractivity contribution in [1.82, 2.24) is 5.43 Å². The molecule has 0 unspecified atom stereocenters. The Balaban J connectivity index is 1.68. The number of carbonyl (C=O) groups excluding carboxylic acids is 1. The van der Waals surface area contributed by atoms with Crippen LogP contribution in [0.25, 0.3) is 11.0 Å². The minimum absolute atomic E-state index is 0.0869. The first-order valence-corrected chi connectivity index (χ1v) is 10.8. The largest absolute Gasteiger partial charge is 0.489 e. The predicted molar refractivity (Wildman–Crippen MR) is 124 cm³/mol. The van der Waals surface area contributed by atoms with Gasteiger partial charge < -0.3 is 9.15 Å². The number of furan rings is 1. The molecule has 0 saturated carbocycles. The van der Waals surface area contributed by atoms with Crippen LogP contribution in [0.3, 0.4) is 0 Å². The van der Waals surface area contributed by atoms with Gasteiger partial charge in [0.05, 0.1) is 20.9 Å². The van der Waals surface area contributed by atoms with Crippen LogP contribution in [-0.4, -0.2) is 18.2 Å². The number of benzene rings is 2. The van der Waals surface area contributed by atoms with E-state index in [1.54, 1.807) is 18.2 Å². The average molecular weight is 576 g/mol. The van der Waals surface area contributed by atoms with E-state index in [1.165, 1.54) is 6.21 Å². The third-order valence-electron chi connectivity index (χ3n) is 4.00. The van der Waals surface area contributed by atoms with Crippen LogP contribution in [0.1, 0.15) is 36.4 Å². The Labute approximate surface area is 189 Å². The molecule has 146 valence electrons. The number of nitrogens with zero attached hydrogens (tertiary/aromatic N) is 1. The van der Waals surface area contributed by atoms with Gasteiger partial charge in [-0.2, -0.15) is 5.10 Å². The van der Waals surface area contributed by atoms with Gasteiger partial charge in [0, 0.05) is 9.86 Å². The fourth-order valence-electron chi connectivity index (χ4n) is 2.40. The van der Waals surface area contributed by atoms with Gasteiger partial charge in [0.1, 0.15) is 11.3 Å². The van der Waals surface area contributed by atoms with E-state index in [0.29, 0.717) is 16.4 Å². The van der Waals surface area contributed by atoms with Crippen LogP contribution >= 0.6 is 50.1 Å². The molecule has 0 fully saturated rings. The number of carbonyl (C=O) groups is 1. The number of amides is 1. The summed E-state index contributed by atoms with van der Waals surface area (Å²) in [5.74, 6) is 0.390. The van der Waals surface area contributed by atoms with Crippen LogP contribution in [0.4, 0.5) is 0 Å². The first-order chi connectivity index (χ1) is 13.4. The summed E-state index contributed by atoms with van der Waals surface area (Å²) in [4.78, 5) is 12.3. The lowest BCUT2D eigenvalue weighted by Gasteiger charge is -2.13. The van der Waals surface area contributed by atoms with E-state index in [2.05, 4.69) is 49.0 Å². The van der Waals surface area contributed by atoms with Crippen molar-refractivity contribution in [2.45, 2.75) is 26.4 Å². The molecule has 0 radical (unpaired) electrons. The normalized spacial score (nSPS) is 12.5. The first-order valence-electron chi connectivity index (χ1n) is 8.55. The number of hydrazone groups is 1. The Hall–Kier alpha value is -1.58. The zero-order valence-corrected chi connectivity index (χ0v) is 19.6. The number of halogens is 3. The molecule has 1 heterocycles. The Morgan fingerprint density at radius 1 is 1.39 bits per heavy atom. The molecule has 1 N–H and O–H groups in total. The molecule has 1 atom stereocenters. The van der Waals surface area contributed by atoms with E-state index in [0.717, 1.165) is 25.4 Å². The molecule has 8 heteroatoms. The Morgan fingerprint density at radius 2 is 2.18 bits per heavy atom. The first kappa shape index (κ1) is 21.1. The molecule has 0 aliphatic heterocycles. The van der Waals surface area contributed by atoms with Gasteiger partial charge >= 0.3 is 5.91 Å². The Kier molecular flexibility index (Phi) is 7.00. The summed E-state index contributed by atoms with van der Waals surface area (Å²) in [6.45, 7) is 4.03. The molecule has 2 aromatic carbocycles. The molecule has 1 amide bonds. The third kappa shape index (κ3) is 5.07. The number of fused-ring (bicyclic) bond motifs is 1. The second kappa shape index (κ2) is 9.28. The van der Waals surface area contributed by atoms with Gasteiger partial charge in [0.15, 0.2) is 5.76 Å². The van der Waals surface area contributed by atoms with Crippen molar-refractivity contribution in [2.75, 3.05) is 0 Å². The molecule has 5 nitrogen and oxygen atoms in total. The lowest BCUT2D eigenvalue weighted by atomic mass is 10.2. The Bertz CT molecular complexity index is 1050. The van der Waals surface area contributed by atoms with Crippen LogP contribution < -0.4 is 10.2 Å². The SMILES string of the molecule is CC[C@@H](C)Oc1ccc(/C=N\NC(=O)c2cc3cc(Br)cc(I)c3o2)cc1Cl. The summed E-state index contributed by atoms with van der Waals surface area (Å²) < 4.78 is 13.2. The second-order valence-corrected chi connectivity index (χ2v) is 8.63. The van der Waals surface area contributed by atoms with E-state index >= 15 is 0 Å². The van der Waals surface area contributed by atoms with Crippen molar-refractivity contribution in [3.8, 4) is 5.75 Å². The Morgan fingerprint density at radius 3 is 2.89 bits per heavy atom. The van der Waals surface area contributed by atoms with Crippen LogP contribution in [0.5, 0.6) is 5.75 Å². The van der Waals surface area contributed by atoms with Crippen LogP contribution in [0, 0.1) is 3.57 Å². The molecule has 0 aliphatic carbocycles. The van der Waals surface area contributed by atoms with Gasteiger partial charge in [-0.3, -0.25) is 4.79 Å². The third-order valence-corrected chi connectivity index (χ3v) is 5.55. The van der Waals surface area contributed by atoms with Crippen molar-refractivity contribution in [3.05, 3.63) is 60.8 Å². The topological polar surface area (TPSA) is 63.8 Å². The van der Waals surface area contributed by atoms with Gasteiger partial charge in [-0.15, -0.1) is 0 Å². The fraction of sp³-hybridized carbons (Fsp3) is 0.200. The van der Waals surface area contributed by atoms with Gasteiger partial charge in [-0.25, -0.2) is 5.43 Å². The maximum atomic E-state index is 12.3. The standard InChI is InChI=1S/C20H17BrClIN2O3/c1-3-11(2)27-17-5-4-12(6-15(17)22)10-24-25-20(26)18-8-13-7-14(21)9-16(23)19(13)28-18/h4-11H,3H2,1-2H3,(H,25,26)/b24-10-/t11-/m1/s1. The van der Waals surface area contributed by atoms with Crippen LogP contribution in [0.2, 0.25) is 5.02 Å². The number of hydrogen-bond donors (Lipinski definition) is 1. The molecule has 1 aromatic heterocycles. The smallest absolute Gasteiger partial charge is 0.307 e. The zero-order chi connectivity index (χ0) is 20.3. The van der Waals surface area contributed by atoms with Crippen molar-refractivity contribution in [2.24, 2.45) is 5.10 Å². The molecule has 3 aromatic rings. The van der Waals surface area contributed by atoms with Crippen molar-refractivity contribution in [1.29, 1.82) is 0 Å². The van der Waals surface area contributed by atoms with E-state index in [1.807, 2.05) is 32.0 Å². The van der Waals surface area contributed by atoms with Crippen LogP contribution in [0.15, 0.2) is 50.4 Å². The molecule has 0 spiro atoms. The highest BCUT2D eigenvalue weighted by Crippen LogP contribution is 2.29. The van der Waals surface area contributed by atoms with E-state index in [4.69, 9.17) is 20.8 Å². The van der Waals surface area contributed by atoms with Crippen molar-refractivity contribution in [3.63, 3.8) is 0 Å². The highest BCUT2D eigenvalue weighted by molar-refractivity contribution is 14.1. The summed E-state index contributed by atoms with van der Waals surface area (Å²) in [7, 11) is 0. The molecule has 3 rings (SSSR count). The molecular formula is C20H17BrClIN2O3. The van der Waals surface area contributed by atoms with Gasteiger partial charge in [0.25, 0.3) is 0 Å². The number of nitrogens with one attached hydrogen (secondary N) is 1. The molecule has 0 saturated heterocycles. The predicted octanol–water partition coefficient (Wildman–Crippen LogP) is 6.39.